The van der Waals surface area contributed by atoms with Gasteiger partial charge in [-0.25, -0.2) is 0 Å². The van der Waals surface area contributed by atoms with Gasteiger partial charge in [0.25, 0.3) is 0 Å². The van der Waals surface area contributed by atoms with Crippen LogP contribution in [0.3, 0.4) is 0 Å². The summed E-state index contributed by atoms with van der Waals surface area (Å²) in [7, 11) is 2.07. The Labute approximate surface area is 147 Å². The van der Waals surface area contributed by atoms with E-state index in [1.165, 1.54) is 63.5 Å². The molecule has 0 aromatic heterocycles. The molecule has 0 aliphatic heterocycles. The van der Waals surface area contributed by atoms with Crippen LogP contribution in [0.25, 0.3) is 0 Å². The molecule has 0 aromatic carbocycles. The largest absolute Gasteiger partial charge is 0.320 e. The van der Waals surface area contributed by atoms with Crippen LogP contribution in [0.15, 0.2) is 24.3 Å². The van der Waals surface area contributed by atoms with E-state index in [-0.39, 0.29) is 0 Å². The summed E-state index contributed by atoms with van der Waals surface area (Å²) < 4.78 is 0. The SMILES string of the molecule is C=CCC(C)/C(C)=C/CC(C)CCCCC(CCC)CCNC. The Hall–Kier alpha value is -0.560. The maximum atomic E-state index is 3.84. The van der Waals surface area contributed by atoms with Gasteiger partial charge in [-0.15, -0.1) is 6.58 Å². The van der Waals surface area contributed by atoms with Crippen LogP contribution in [-0.2, 0) is 0 Å². The normalized spacial score (nSPS) is 16.1. The third-order valence-corrected chi connectivity index (χ3v) is 5.20. The summed E-state index contributed by atoms with van der Waals surface area (Å²) in [5.74, 6) is 2.41. The fourth-order valence-corrected chi connectivity index (χ4v) is 3.26. The molecule has 0 aliphatic rings. The van der Waals surface area contributed by atoms with Crippen LogP contribution in [-0.4, -0.2) is 13.6 Å². The van der Waals surface area contributed by atoms with Gasteiger partial charge in [-0.3, -0.25) is 0 Å². The molecule has 0 saturated heterocycles. The Kier molecular flexibility index (Phi) is 14.6. The average Bonchev–Trinajstić information content (AvgIpc) is 2.54. The Bertz CT molecular complexity index is 305. The zero-order valence-corrected chi connectivity index (χ0v) is 16.7. The first-order chi connectivity index (χ1) is 11.0. The van der Waals surface area contributed by atoms with Crippen LogP contribution in [0.5, 0.6) is 0 Å². The highest BCUT2D eigenvalue weighted by Crippen LogP contribution is 2.22. The number of rotatable bonds is 15. The molecule has 136 valence electrons. The predicted molar refractivity (Wildman–Crippen MR) is 107 cm³/mol. The van der Waals surface area contributed by atoms with Crippen molar-refractivity contribution in [2.24, 2.45) is 17.8 Å². The van der Waals surface area contributed by atoms with Gasteiger partial charge in [0.15, 0.2) is 0 Å². The summed E-state index contributed by atoms with van der Waals surface area (Å²) in [5, 5.41) is 3.30. The van der Waals surface area contributed by atoms with Crippen LogP contribution in [0.1, 0.15) is 85.5 Å². The molecule has 0 spiro atoms. The third-order valence-electron chi connectivity index (χ3n) is 5.20. The smallest absolute Gasteiger partial charge is 0.00493 e. The first-order valence-corrected chi connectivity index (χ1v) is 9.97. The lowest BCUT2D eigenvalue weighted by atomic mass is 9.91. The van der Waals surface area contributed by atoms with Crippen molar-refractivity contribution < 1.29 is 0 Å². The lowest BCUT2D eigenvalue weighted by Gasteiger charge is -2.17. The van der Waals surface area contributed by atoms with Crippen molar-refractivity contribution >= 4 is 0 Å². The van der Waals surface area contributed by atoms with Crippen LogP contribution in [0, 0.1) is 17.8 Å². The molecular weight excluding hydrogens is 278 g/mol. The van der Waals surface area contributed by atoms with Crippen LogP contribution in [0.2, 0.25) is 0 Å². The molecular formula is C22H43N. The minimum absolute atomic E-state index is 0.654. The fourth-order valence-electron chi connectivity index (χ4n) is 3.26. The molecule has 0 radical (unpaired) electrons. The van der Waals surface area contributed by atoms with Crippen LogP contribution in [0.4, 0.5) is 0 Å². The van der Waals surface area contributed by atoms with E-state index in [0.717, 1.165) is 18.3 Å². The van der Waals surface area contributed by atoms with Crippen molar-refractivity contribution in [1.82, 2.24) is 5.32 Å². The fraction of sp³-hybridized carbons (Fsp3) is 0.818. The van der Waals surface area contributed by atoms with Gasteiger partial charge in [-0.05, 0) is 57.5 Å². The third kappa shape index (κ3) is 12.5. The Morgan fingerprint density at radius 3 is 2.35 bits per heavy atom. The van der Waals surface area contributed by atoms with Gasteiger partial charge in [0, 0.05) is 0 Å². The highest BCUT2D eigenvalue weighted by atomic mass is 14.8. The van der Waals surface area contributed by atoms with Gasteiger partial charge in [0.1, 0.15) is 0 Å². The van der Waals surface area contributed by atoms with E-state index in [9.17, 15) is 0 Å². The maximum absolute atomic E-state index is 3.84. The van der Waals surface area contributed by atoms with Crippen molar-refractivity contribution in [2.75, 3.05) is 13.6 Å². The molecule has 0 heterocycles. The van der Waals surface area contributed by atoms with E-state index in [1.807, 2.05) is 6.08 Å². The number of hydrogen-bond acceptors (Lipinski definition) is 1. The molecule has 0 bridgehead atoms. The Morgan fingerprint density at radius 1 is 1.04 bits per heavy atom. The van der Waals surface area contributed by atoms with Gasteiger partial charge >= 0.3 is 0 Å². The maximum Gasteiger partial charge on any atom is -0.00493 e. The van der Waals surface area contributed by atoms with Crippen molar-refractivity contribution in [3.8, 4) is 0 Å². The van der Waals surface area contributed by atoms with Gasteiger partial charge in [0.2, 0.25) is 0 Å². The summed E-state index contributed by atoms with van der Waals surface area (Å²) in [6, 6.07) is 0. The topological polar surface area (TPSA) is 12.0 Å². The van der Waals surface area contributed by atoms with E-state index >= 15 is 0 Å². The zero-order valence-electron chi connectivity index (χ0n) is 16.7. The van der Waals surface area contributed by atoms with Crippen LogP contribution < -0.4 is 5.32 Å². The number of unbranched alkanes of at least 4 members (excludes halogenated alkanes) is 1. The zero-order chi connectivity index (χ0) is 17.5. The van der Waals surface area contributed by atoms with E-state index in [2.05, 4.69) is 52.7 Å². The average molecular weight is 322 g/mol. The molecule has 0 aliphatic carbocycles. The molecule has 1 nitrogen and oxygen atoms in total. The molecule has 1 heteroatoms. The summed E-state index contributed by atoms with van der Waals surface area (Å²) in [6.07, 6.45) is 16.5. The van der Waals surface area contributed by atoms with Gasteiger partial charge in [-0.2, -0.15) is 0 Å². The first kappa shape index (κ1) is 22.4. The van der Waals surface area contributed by atoms with Crippen molar-refractivity contribution in [2.45, 2.75) is 85.5 Å². The lowest BCUT2D eigenvalue weighted by Crippen LogP contribution is -2.13. The number of allylic oxidation sites excluding steroid dienone is 3. The Balaban J connectivity index is 3.89. The molecule has 0 aromatic rings. The van der Waals surface area contributed by atoms with Gasteiger partial charge < -0.3 is 5.32 Å². The summed E-state index contributed by atoms with van der Waals surface area (Å²) in [5.41, 5.74) is 1.53. The van der Waals surface area contributed by atoms with Crippen molar-refractivity contribution in [3.63, 3.8) is 0 Å². The van der Waals surface area contributed by atoms with Gasteiger partial charge in [0.05, 0.1) is 0 Å². The van der Waals surface area contributed by atoms with Gasteiger partial charge in [-0.1, -0.05) is 77.0 Å². The van der Waals surface area contributed by atoms with E-state index in [4.69, 9.17) is 0 Å². The molecule has 23 heavy (non-hydrogen) atoms. The summed E-state index contributed by atoms with van der Waals surface area (Å²) >= 11 is 0. The van der Waals surface area contributed by atoms with E-state index < -0.39 is 0 Å². The number of hydrogen-bond donors (Lipinski definition) is 1. The molecule has 1 N–H and O–H groups in total. The molecule has 3 atom stereocenters. The van der Waals surface area contributed by atoms with E-state index in [0.29, 0.717) is 5.92 Å². The lowest BCUT2D eigenvalue weighted by molar-refractivity contribution is 0.382. The second kappa shape index (κ2) is 15.0. The minimum atomic E-state index is 0.654. The second-order valence-electron chi connectivity index (χ2n) is 7.55. The molecule has 3 unspecified atom stereocenters. The Morgan fingerprint density at radius 2 is 1.74 bits per heavy atom. The van der Waals surface area contributed by atoms with Crippen molar-refractivity contribution in [1.29, 1.82) is 0 Å². The highest BCUT2D eigenvalue weighted by Gasteiger charge is 2.08. The summed E-state index contributed by atoms with van der Waals surface area (Å²) in [4.78, 5) is 0. The highest BCUT2D eigenvalue weighted by molar-refractivity contribution is 5.04. The number of nitrogens with one attached hydrogen (secondary N) is 1. The quantitative estimate of drug-likeness (QED) is 0.259. The van der Waals surface area contributed by atoms with E-state index in [1.54, 1.807) is 0 Å². The molecule has 0 saturated carbocycles. The standard InChI is InChI=1S/C22H43N/c1-7-11-20(4)21(5)16-15-19(3)13-9-10-14-22(12-8-2)17-18-23-6/h7,16,19-20,22-23H,1,8-15,17-18H2,2-6H3/b21-16+. The molecule has 0 fully saturated rings. The second-order valence-corrected chi connectivity index (χ2v) is 7.55. The molecule has 0 amide bonds. The first-order valence-electron chi connectivity index (χ1n) is 9.97. The van der Waals surface area contributed by atoms with Crippen LogP contribution >= 0.6 is 0 Å². The summed E-state index contributed by atoms with van der Waals surface area (Å²) in [6.45, 7) is 14.3. The monoisotopic (exact) mass is 321 g/mol. The predicted octanol–water partition coefficient (Wildman–Crippen LogP) is 6.76. The minimum Gasteiger partial charge on any atom is -0.320 e. The molecule has 0 rings (SSSR count). The van der Waals surface area contributed by atoms with Crippen molar-refractivity contribution in [3.05, 3.63) is 24.3 Å².